The van der Waals surface area contributed by atoms with Crippen LogP contribution in [0.2, 0.25) is 0 Å². The standard InChI is InChI=1S/C7H8.C6H6.C2H6.CH4/c1-7-5-3-2-4-6-7;1-2-4-6-5-3-1;1-2;/h2-6H,1H3;1-6H;1-2H3;1H4. The largest absolute Gasteiger partial charge is 0.0776 e. The lowest BCUT2D eigenvalue weighted by molar-refractivity contribution is 1.48. The predicted octanol–water partition coefficient (Wildman–Crippen LogP) is 5.34. The second kappa shape index (κ2) is 13.4. The summed E-state index contributed by atoms with van der Waals surface area (Å²) in [5.41, 5.74) is 1.32. The highest BCUT2D eigenvalue weighted by atomic mass is 13.8. The van der Waals surface area contributed by atoms with Gasteiger partial charge in [-0.3, -0.25) is 0 Å². The fraction of sp³-hybridized carbons (Fsp3) is 0.250. The molecule has 0 unspecified atom stereocenters. The molecule has 0 heterocycles. The zero-order chi connectivity index (χ0) is 11.4. The highest BCUT2D eigenvalue weighted by Gasteiger charge is 1.72. The fourth-order valence-corrected chi connectivity index (χ4v) is 0.919. The van der Waals surface area contributed by atoms with Gasteiger partial charge in [0.1, 0.15) is 0 Å². The Bertz CT molecular complexity index is 271. The van der Waals surface area contributed by atoms with E-state index in [0.717, 1.165) is 0 Å². The van der Waals surface area contributed by atoms with Crippen molar-refractivity contribution in [3.05, 3.63) is 72.3 Å². The molecule has 0 aromatic heterocycles. The van der Waals surface area contributed by atoms with Gasteiger partial charge in [-0.15, -0.1) is 0 Å². The van der Waals surface area contributed by atoms with Gasteiger partial charge in [0.15, 0.2) is 0 Å². The van der Waals surface area contributed by atoms with Crippen LogP contribution in [-0.2, 0) is 0 Å². The molecule has 0 heteroatoms. The smallest absolute Gasteiger partial charge is 0.0398 e. The maximum atomic E-state index is 2.08. The van der Waals surface area contributed by atoms with Gasteiger partial charge in [0.25, 0.3) is 0 Å². The van der Waals surface area contributed by atoms with Crippen LogP contribution in [-0.4, -0.2) is 0 Å². The quantitative estimate of drug-likeness (QED) is 0.557. The van der Waals surface area contributed by atoms with Crippen molar-refractivity contribution in [2.75, 3.05) is 0 Å². The first-order valence-corrected chi connectivity index (χ1v) is 5.41. The van der Waals surface area contributed by atoms with Crippen LogP contribution in [0.1, 0.15) is 26.8 Å². The molecule has 0 aliphatic rings. The van der Waals surface area contributed by atoms with Gasteiger partial charge in [0, 0.05) is 0 Å². The first-order chi connectivity index (χ1) is 7.39. The third-order valence-corrected chi connectivity index (χ3v) is 1.61. The molecule has 88 valence electrons. The van der Waals surface area contributed by atoms with E-state index < -0.39 is 0 Å². The van der Waals surface area contributed by atoms with Gasteiger partial charge in [0.2, 0.25) is 0 Å². The molecule has 2 rings (SSSR count). The SMILES string of the molecule is C.CC.Cc1ccccc1.c1ccccc1. The molecule has 0 nitrogen and oxygen atoms in total. The summed E-state index contributed by atoms with van der Waals surface area (Å²) in [6.45, 7) is 6.08. The van der Waals surface area contributed by atoms with Crippen LogP contribution in [0.25, 0.3) is 0 Å². The van der Waals surface area contributed by atoms with Gasteiger partial charge in [-0.2, -0.15) is 0 Å². The van der Waals surface area contributed by atoms with Crippen LogP contribution < -0.4 is 0 Å². The molecule has 2 aromatic rings. The Morgan fingerprint density at radius 1 is 0.562 bits per heavy atom. The highest BCUT2D eigenvalue weighted by molar-refractivity contribution is 5.11. The van der Waals surface area contributed by atoms with Crippen molar-refractivity contribution in [2.45, 2.75) is 28.2 Å². The van der Waals surface area contributed by atoms with Crippen LogP contribution in [0.5, 0.6) is 0 Å². The highest BCUT2D eigenvalue weighted by Crippen LogP contribution is 1.92. The van der Waals surface area contributed by atoms with Gasteiger partial charge >= 0.3 is 0 Å². The van der Waals surface area contributed by atoms with E-state index in [2.05, 4.69) is 19.1 Å². The number of rotatable bonds is 0. The van der Waals surface area contributed by atoms with E-state index in [9.17, 15) is 0 Å². The van der Waals surface area contributed by atoms with Crippen molar-refractivity contribution in [3.63, 3.8) is 0 Å². The average molecular weight is 216 g/mol. The Morgan fingerprint density at radius 3 is 1.00 bits per heavy atom. The van der Waals surface area contributed by atoms with Gasteiger partial charge in [-0.1, -0.05) is 93.6 Å². The van der Waals surface area contributed by atoms with Gasteiger partial charge in [-0.05, 0) is 6.92 Å². The minimum atomic E-state index is 0. The van der Waals surface area contributed by atoms with Crippen LogP contribution in [0.15, 0.2) is 66.7 Å². The molecule has 0 amide bonds. The molecule has 0 radical (unpaired) electrons. The Hall–Kier alpha value is -1.56. The van der Waals surface area contributed by atoms with E-state index in [4.69, 9.17) is 0 Å². The summed E-state index contributed by atoms with van der Waals surface area (Å²) >= 11 is 0. The van der Waals surface area contributed by atoms with Crippen molar-refractivity contribution in [3.8, 4) is 0 Å². The van der Waals surface area contributed by atoms with E-state index in [1.165, 1.54) is 5.56 Å². The number of hydrogen-bond acceptors (Lipinski definition) is 0. The van der Waals surface area contributed by atoms with Crippen molar-refractivity contribution in [2.24, 2.45) is 0 Å². The van der Waals surface area contributed by atoms with Crippen molar-refractivity contribution >= 4 is 0 Å². The summed E-state index contributed by atoms with van der Waals surface area (Å²) in [4.78, 5) is 0. The molecular formula is C16H24. The summed E-state index contributed by atoms with van der Waals surface area (Å²) in [6, 6.07) is 22.3. The maximum absolute atomic E-state index is 2.08. The van der Waals surface area contributed by atoms with Crippen LogP contribution >= 0.6 is 0 Å². The molecule has 16 heavy (non-hydrogen) atoms. The Kier molecular flexibility index (Phi) is 14.2. The molecule has 0 spiro atoms. The molecule has 0 saturated carbocycles. The first-order valence-electron chi connectivity index (χ1n) is 5.41. The lowest BCUT2D eigenvalue weighted by atomic mass is 10.2. The molecule has 0 atom stereocenters. The normalized spacial score (nSPS) is 7.19. The number of aryl methyl sites for hydroxylation is 1. The predicted molar refractivity (Wildman–Crippen MR) is 75.7 cm³/mol. The summed E-state index contributed by atoms with van der Waals surface area (Å²) in [7, 11) is 0. The summed E-state index contributed by atoms with van der Waals surface area (Å²) in [5, 5.41) is 0. The summed E-state index contributed by atoms with van der Waals surface area (Å²) in [6.07, 6.45) is 0. The first kappa shape index (κ1) is 16.9. The Balaban J connectivity index is 0. The monoisotopic (exact) mass is 216 g/mol. The second-order valence-corrected chi connectivity index (χ2v) is 2.81. The van der Waals surface area contributed by atoms with Crippen molar-refractivity contribution < 1.29 is 0 Å². The zero-order valence-corrected chi connectivity index (χ0v) is 9.85. The minimum absolute atomic E-state index is 0. The topological polar surface area (TPSA) is 0 Å². The average Bonchev–Trinajstić information content (AvgIpc) is 2.36. The second-order valence-electron chi connectivity index (χ2n) is 2.81. The Labute approximate surface area is 101 Å². The summed E-state index contributed by atoms with van der Waals surface area (Å²) in [5.74, 6) is 0. The van der Waals surface area contributed by atoms with E-state index in [1.54, 1.807) is 0 Å². The van der Waals surface area contributed by atoms with E-state index in [1.807, 2.05) is 68.4 Å². The van der Waals surface area contributed by atoms with Crippen LogP contribution in [0, 0.1) is 6.92 Å². The molecule has 0 N–H and O–H groups in total. The zero-order valence-electron chi connectivity index (χ0n) is 9.85. The lowest BCUT2D eigenvalue weighted by Crippen LogP contribution is -1.62. The molecule has 0 aliphatic carbocycles. The molecule has 0 fully saturated rings. The van der Waals surface area contributed by atoms with E-state index in [0.29, 0.717) is 0 Å². The molecule has 0 bridgehead atoms. The van der Waals surface area contributed by atoms with Gasteiger partial charge in [-0.25, -0.2) is 0 Å². The third kappa shape index (κ3) is 10.5. The minimum Gasteiger partial charge on any atom is -0.0776 e. The number of benzene rings is 2. The van der Waals surface area contributed by atoms with Gasteiger partial charge in [0.05, 0.1) is 0 Å². The lowest BCUT2D eigenvalue weighted by Gasteiger charge is -1.82. The van der Waals surface area contributed by atoms with Crippen LogP contribution in [0.4, 0.5) is 0 Å². The molecule has 2 aromatic carbocycles. The van der Waals surface area contributed by atoms with Crippen molar-refractivity contribution in [1.29, 1.82) is 0 Å². The molecular weight excluding hydrogens is 192 g/mol. The van der Waals surface area contributed by atoms with Crippen molar-refractivity contribution in [1.82, 2.24) is 0 Å². The molecule has 0 aliphatic heterocycles. The maximum Gasteiger partial charge on any atom is -0.0398 e. The fourth-order valence-electron chi connectivity index (χ4n) is 0.919. The molecule has 0 saturated heterocycles. The van der Waals surface area contributed by atoms with E-state index in [-0.39, 0.29) is 7.43 Å². The van der Waals surface area contributed by atoms with Gasteiger partial charge < -0.3 is 0 Å². The summed E-state index contributed by atoms with van der Waals surface area (Å²) < 4.78 is 0. The Morgan fingerprint density at radius 2 is 0.812 bits per heavy atom. The number of hydrogen-bond donors (Lipinski definition) is 0. The van der Waals surface area contributed by atoms with Crippen LogP contribution in [0.3, 0.4) is 0 Å². The third-order valence-electron chi connectivity index (χ3n) is 1.61. The van der Waals surface area contributed by atoms with E-state index >= 15 is 0 Å².